The SMILES string of the molecule is C=C1CC(C)(C)OP(=O)(OC2C(OC3CCCCC3)OC(COCCCC)C(OCCCC)C2OCCCC)O1. The van der Waals surface area contributed by atoms with E-state index in [9.17, 15) is 4.57 Å². The maximum atomic E-state index is 14.0. The number of phosphoric acid groups is 1. The minimum Gasteiger partial charge on any atom is -0.409 e. The molecule has 0 bridgehead atoms. The number of hydrogen-bond donors (Lipinski definition) is 0. The molecule has 0 spiro atoms. The van der Waals surface area contributed by atoms with E-state index in [0.29, 0.717) is 38.6 Å². The van der Waals surface area contributed by atoms with Crippen LogP contribution in [-0.4, -0.2) is 68.8 Å². The molecule has 0 aromatic rings. The molecule has 2 aliphatic heterocycles. The molecule has 3 rings (SSSR count). The van der Waals surface area contributed by atoms with Crippen molar-refractivity contribution in [3.63, 3.8) is 0 Å². The fraction of sp³-hybridized carbons (Fsp3) is 0.933. The summed E-state index contributed by atoms with van der Waals surface area (Å²) in [7, 11) is -4.06. The van der Waals surface area contributed by atoms with Gasteiger partial charge in [0, 0.05) is 26.2 Å². The zero-order chi connectivity index (χ0) is 29.0. The maximum absolute atomic E-state index is 14.0. The van der Waals surface area contributed by atoms with E-state index in [2.05, 4.69) is 27.4 Å². The monoisotopic (exact) mass is 590 g/mol. The molecule has 1 saturated carbocycles. The zero-order valence-electron chi connectivity index (χ0n) is 25.6. The quantitative estimate of drug-likeness (QED) is 0.126. The van der Waals surface area contributed by atoms with Crippen LogP contribution >= 0.6 is 7.82 Å². The summed E-state index contributed by atoms with van der Waals surface area (Å²) in [5.74, 6) is 0.363. The lowest BCUT2D eigenvalue weighted by molar-refractivity contribution is -0.323. The molecule has 0 radical (unpaired) electrons. The number of rotatable bonds is 17. The average Bonchev–Trinajstić information content (AvgIpc) is 2.89. The summed E-state index contributed by atoms with van der Waals surface area (Å²) in [5.41, 5.74) is -0.759. The van der Waals surface area contributed by atoms with Gasteiger partial charge in [-0.3, -0.25) is 9.05 Å². The van der Waals surface area contributed by atoms with E-state index in [4.69, 9.17) is 37.3 Å². The first-order valence-electron chi connectivity index (χ1n) is 15.7. The molecule has 2 heterocycles. The molecule has 9 nitrogen and oxygen atoms in total. The second-order valence-electron chi connectivity index (χ2n) is 11.9. The summed E-state index contributed by atoms with van der Waals surface area (Å²) >= 11 is 0. The van der Waals surface area contributed by atoms with Crippen LogP contribution in [0.1, 0.15) is 112 Å². The Morgan fingerprint density at radius 1 is 0.900 bits per heavy atom. The molecule has 10 heteroatoms. The standard InChI is InChI=1S/C30H55O9P/c1-7-10-18-32-22-25-26(33-19-11-8-2)27(34-20-12-9-3)28(29(36-25)35-24-16-14-13-15-17-24)38-40(31)37-23(4)21-30(5,6)39-40/h24-29H,4,7-22H2,1-3,5-6H3. The highest BCUT2D eigenvalue weighted by Gasteiger charge is 2.54. The van der Waals surface area contributed by atoms with Crippen LogP contribution in [-0.2, 0) is 41.8 Å². The molecule has 0 amide bonds. The fourth-order valence-corrected chi connectivity index (χ4v) is 7.09. The van der Waals surface area contributed by atoms with Crippen LogP contribution in [0.5, 0.6) is 0 Å². The molecule has 0 aromatic carbocycles. The summed E-state index contributed by atoms with van der Waals surface area (Å²) in [4.78, 5) is 0. The lowest BCUT2D eigenvalue weighted by Gasteiger charge is -2.47. The summed E-state index contributed by atoms with van der Waals surface area (Å²) in [6, 6.07) is 0. The largest absolute Gasteiger partial charge is 0.530 e. The third kappa shape index (κ3) is 10.6. The van der Waals surface area contributed by atoms with Gasteiger partial charge >= 0.3 is 7.82 Å². The van der Waals surface area contributed by atoms with E-state index >= 15 is 0 Å². The average molecular weight is 591 g/mol. The van der Waals surface area contributed by atoms with Crippen molar-refractivity contribution in [3.05, 3.63) is 12.3 Å². The van der Waals surface area contributed by atoms with E-state index in [0.717, 1.165) is 64.2 Å². The Labute approximate surface area is 242 Å². The minimum atomic E-state index is -4.06. The first kappa shape index (κ1) is 34.0. The second kappa shape index (κ2) is 17.0. The molecule has 3 aliphatic rings. The van der Waals surface area contributed by atoms with Crippen LogP contribution in [0.4, 0.5) is 0 Å². The number of hydrogen-bond acceptors (Lipinski definition) is 9. The van der Waals surface area contributed by atoms with Crippen molar-refractivity contribution in [2.24, 2.45) is 0 Å². The Bertz CT molecular complexity index is 785. The van der Waals surface area contributed by atoms with Gasteiger partial charge in [-0.05, 0) is 46.0 Å². The summed E-state index contributed by atoms with van der Waals surface area (Å²) in [6.07, 6.45) is 8.15. The molecule has 6 atom stereocenters. The van der Waals surface area contributed by atoms with E-state index in [1.807, 2.05) is 13.8 Å². The van der Waals surface area contributed by atoms with Crippen molar-refractivity contribution >= 4 is 7.82 Å². The molecule has 6 unspecified atom stereocenters. The number of ether oxygens (including phenoxy) is 5. The number of unbranched alkanes of at least 4 members (excludes halogenated alkanes) is 3. The molecule has 0 N–H and O–H groups in total. The van der Waals surface area contributed by atoms with Gasteiger partial charge in [0.15, 0.2) is 6.29 Å². The molecule has 234 valence electrons. The Hall–Kier alpha value is -0.510. The molecule has 2 saturated heterocycles. The third-order valence-electron chi connectivity index (χ3n) is 7.48. The van der Waals surface area contributed by atoms with Crippen molar-refractivity contribution in [3.8, 4) is 0 Å². The first-order chi connectivity index (χ1) is 19.2. The molecule has 1 aliphatic carbocycles. The van der Waals surface area contributed by atoms with Crippen LogP contribution in [0, 0.1) is 0 Å². The van der Waals surface area contributed by atoms with E-state index in [1.54, 1.807) is 0 Å². The van der Waals surface area contributed by atoms with Gasteiger partial charge in [0.25, 0.3) is 0 Å². The van der Waals surface area contributed by atoms with Crippen LogP contribution in [0.2, 0.25) is 0 Å². The Kier molecular flexibility index (Phi) is 14.4. The van der Waals surface area contributed by atoms with Crippen molar-refractivity contribution in [1.29, 1.82) is 0 Å². The lowest BCUT2D eigenvalue weighted by atomic mass is 9.96. The summed E-state index contributed by atoms with van der Waals surface area (Å²) < 4.78 is 64.0. The molecule has 3 fully saturated rings. The van der Waals surface area contributed by atoms with E-state index in [1.165, 1.54) is 6.42 Å². The second-order valence-corrected chi connectivity index (χ2v) is 13.4. The van der Waals surface area contributed by atoms with Gasteiger partial charge in [-0.2, -0.15) is 0 Å². The highest BCUT2D eigenvalue weighted by Crippen LogP contribution is 2.61. The Morgan fingerprint density at radius 3 is 2.15 bits per heavy atom. The summed E-state index contributed by atoms with van der Waals surface area (Å²) in [6.45, 7) is 16.0. The lowest BCUT2D eigenvalue weighted by Crippen LogP contribution is -2.62. The van der Waals surface area contributed by atoms with E-state index in [-0.39, 0.29) is 6.10 Å². The molecule has 40 heavy (non-hydrogen) atoms. The van der Waals surface area contributed by atoms with Gasteiger partial charge in [-0.15, -0.1) is 0 Å². The van der Waals surface area contributed by atoms with Gasteiger partial charge in [-0.1, -0.05) is 65.9 Å². The predicted molar refractivity (Wildman–Crippen MR) is 154 cm³/mol. The van der Waals surface area contributed by atoms with Crippen LogP contribution in [0.25, 0.3) is 0 Å². The van der Waals surface area contributed by atoms with Gasteiger partial charge in [0.05, 0.1) is 18.3 Å². The van der Waals surface area contributed by atoms with Crippen LogP contribution < -0.4 is 0 Å². The minimum absolute atomic E-state index is 0.0147. The van der Waals surface area contributed by atoms with Crippen molar-refractivity contribution in [2.75, 3.05) is 26.4 Å². The Morgan fingerprint density at radius 2 is 1.52 bits per heavy atom. The highest BCUT2D eigenvalue weighted by atomic mass is 31.2. The van der Waals surface area contributed by atoms with Gasteiger partial charge < -0.3 is 28.2 Å². The van der Waals surface area contributed by atoms with Crippen LogP contribution in [0.15, 0.2) is 12.3 Å². The summed E-state index contributed by atoms with van der Waals surface area (Å²) in [5, 5.41) is 0. The van der Waals surface area contributed by atoms with Crippen molar-refractivity contribution < 1.29 is 41.8 Å². The Balaban J connectivity index is 1.93. The highest BCUT2D eigenvalue weighted by molar-refractivity contribution is 7.48. The molecular weight excluding hydrogens is 535 g/mol. The van der Waals surface area contributed by atoms with Gasteiger partial charge in [-0.25, -0.2) is 4.57 Å². The third-order valence-corrected chi connectivity index (χ3v) is 9.19. The number of phosphoric ester groups is 1. The molecular formula is C30H55O9P. The van der Waals surface area contributed by atoms with Crippen LogP contribution in [0.3, 0.4) is 0 Å². The molecule has 0 aromatic heterocycles. The van der Waals surface area contributed by atoms with Gasteiger partial charge in [0.1, 0.15) is 30.2 Å². The zero-order valence-corrected chi connectivity index (χ0v) is 26.5. The topological polar surface area (TPSA) is 90.9 Å². The normalized spacial score (nSPS) is 33.1. The van der Waals surface area contributed by atoms with Crippen molar-refractivity contribution in [1.82, 2.24) is 0 Å². The first-order valence-corrected chi connectivity index (χ1v) is 17.1. The van der Waals surface area contributed by atoms with E-state index < -0.39 is 44.1 Å². The predicted octanol–water partition coefficient (Wildman–Crippen LogP) is 7.47. The fourth-order valence-electron chi connectivity index (χ4n) is 5.40. The maximum Gasteiger partial charge on any atom is 0.530 e. The smallest absolute Gasteiger partial charge is 0.409 e. The van der Waals surface area contributed by atoms with Crippen molar-refractivity contribution in [2.45, 2.75) is 154 Å². The van der Waals surface area contributed by atoms with Gasteiger partial charge in [0.2, 0.25) is 0 Å².